The van der Waals surface area contributed by atoms with Gasteiger partial charge < -0.3 is 10.1 Å². The summed E-state index contributed by atoms with van der Waals surface area (Å²) in [6.07, 6.45) is 1.56. The van der Waals surface area contributed by atoms with Gasteiger partial charge >= 0.3 is 5.97 Å². The Labute approximate surface area is 157 Å². The molecule has 0 aliphatic heterocycles. The first kappa shape index (κ1) is 18.4. The van der Waals surface area contributed by atoms with Crippen molar-refractivity contribution < 1.29 is 14.3 Å². The number of rotatable bonds is 5. The van der Waals surface area contributed by atoms with Crippen molar-refractivity contribution in [2.45, 2.75) is 20.8 Å². The second-order valence-corrected chi connectivity index (χ2v) is 6.15. The maximum absolute atomic E-state index is 12.6. The molecule has 0 aliphatic rings. The Bertz CT molecular complexity index is 975. The minimum absolute atomic E-state index is 0.254. The first-order chi connectivity index (χ1) is 13.0. The van der Waals surface area contributed by atoms with E-state index in [-0.39, 0.29) is 11.9 Å². The number of nitrogens with zero attached hydrogens (tertiary/aromatic N) is 2. The van der Waals surface area contributed by atoms with Crippen LogP contribution in [0.2, 0.25) is 0 Å². The number of carbonyl (C=O) groups is 2. The lowest BCUT2D eigenvalue weighted by Crippen LogP contribution is -2.13. The molecule has 2 aromatic carbocycles. The fourth-order valence-electron chi connectivity index (χ4n) is 2.76. The van der Waals surface area contributed by atoms with Crippen LogP contribution in [0.4, 0.5) is 5.69 Å². The molecule has 27 heavy (non-hydrogen) atoms. The van der Waals surface area contributed by atoms with E-state index in [9.17, 15) is 9.59 Å². The van der Waals surface area contributed by atoms with Crippen molar-refractivity contribution in [1.29, 1.82) is 0 Å². The molecule has 1 N–H and O–H groups in total. The number of amides is 1. The van der Waals surface area contributed by atoms with Crippen LogP contribution in [-0.4, -0.2) is 28.3 Å². The predicted molar refractivity (Wildman–Crippen MR) is 103 cm³/mol. The average molecular weight is 363 g/mol. The summed E-state index contributed by atoms with van der Waals surface area (Å²) >= 11 is 0. The number of anilines is 1. The molecule has 3 rings (SSSR count). The first-order valence-corrected chi connectivity index (χ1v) is 8.69. The van der Waals surface area contributed by atoms with Crippen molar-refractivity contribution >= 4 is 17.6 Å². The summed E-state index contributed by atoms with van der Waals surface area (Å²) in [4.78, 5) is 24.3. The van der Waals surface area contributed by atoms with E-state index in [0.29, 0.717) is 23.4 Å². The van der Waals surface area contributed by atoms with Gasteiger partial charge in [0.25, 0.3) is 5.91 Å². The van der Waals surface area contributed by atoms with E-state index in [2.05, 4.69) is 10.4 Å². The van der Waals surface area contributed by atoms with Crippen LogP contribution in [0.3, 0.4) is 0 Å². The lowest BCUT2D eigenvalue weighted by molar-refractivity contribution is 0.0526. The zero-order valence-electron chi connectivity index (χ0n) is 15.5. The molecule has 1 amide bonds. The first-order valence-electron chi connectivity index (χ1n) is 8.69. The van der Waals surface area contributed by atoms with Gasteiger partial charge in [0.1, 0.15) is 0 Å². The molecule has 0 saturated heterocycles. The number of aromatic nitrogens is 2. The molecule has 6 heteroatoms. The summed E-state index contributed by atoms with van der Waals surface area (Å²) in [7, 11) is 0. The number of hydrogen-bond donors (Lipinski definition) is 1. The fourth-order valence-corrected chi connectivity index (χ4v) is 2.76. The lowest BCUT2D eigenvalue weighted by Gasteiger charge is -2.08. The van der Waals surface area contributed by atoms with Gasteiger partial charge in [-0.1, -0.05) is 12.1 Å². The van der Waals surface area contributed by atoms with Gasteiger partial charge in [-0.15, -0.1) is 0 Å². The monoisotopic (exact) mass is 363 g/mol. The van der Waals surface area contributed by atoms with Gasteiger partial charge in [-0.05, 0) is 62.7 Å². The topological polar surface area (TPSA) is 73.2 Å². The van der Waals surface area contributed by atoms with E-state index in [1.807, 2.05) is 38.1 Å². The quantitative estimate of drug-likeness (QED) is 0.698. The standard InChI is InChI=1S/C21H21N3O3/c1-4-27-21(26)16-8-10-17(11-9-16)23-20(25)19-13-22-24(15(19)3)18-7-5-6-14(2)12-18/h5-13H,4H2,1-3H3,(H,23,25). The van der Waals surface area contributed by atoms with Gasteiger partial charge in [0.15, 0.2) is 0 Å². The fraction of sp³-hybridized carbons (Fsp3) is 0.190. The molecule has 6 nitrogen and oxygen atoms in total. The van der Waals surface area contributed by atoms with E-state index in [1.165, 1.54) is 0 Å². The van der Waals surface area contributed by atoms with Crippen molar-refractivity contribution in [2.75, 3.05) is 11.9 Å². The van der Waals surface area contributed by atoms with E-state index < -0.39 is 0 Å². The summed E-state index contributed by atoms with van der Waals surface area (Å²) in [6, 6.07) is 14.5. The number of benzene rings is 2. The zero-order valence-corrected chi connectivity index (χ0v) is 15.5. The van der Waals surface area contributed by atoms with Gasteiger partial charge in [0.2, 0.25) is 0 Å². The molecule has 0 aliphatic carbocycles. The Kier molecular flexibility index (Phi) is 5.35. The molecular weight excluding hydrogens is 342 g/mol. The van der Waals surface area contributed by atoms with Crippen LogP contribution in [0, 0.1) is 13.8 Å². The van der Waals surface area contributed by atoms with Gasteiger partial charge in [0, 0.05) is 5.69 Å². The summed E-state index contributed by atoms with van der Waals surface area (Å²) in [5.74, 6) is -0.638. The molecule has 1 heterocycles. The molecule has 138 valence electrons. The van der Waals surface area contributed by atoms with Crippen LogP contribution in [0.1, 0.15) is 38.9 Å². The van der Waals surface area contributed by atoms with Crippen molar-refractivity contribution in [3.8, 4) is 5.69 Å². The molecule has 0 saturated carbocycles. The maximum Gasteiger partial charge on any atom is 0.338 e. The van der Waals surface area contributed by atoms with E-state index in [1.54, 1.807) is 42.1 Å². The van der Waals surface area contributed by atoms with E-state index >= 15 is 0 Å². The zero-order chi connectivity index (χ0) is 19.4. The second kappa shape index (κ2) is 7.86. The summed E-state index contributed by atoms with van der Waals surface area (Å²) in [6.45, 7) is 5.94. The van der Waals surface area contributed by atoms with Crippen LogP contribution >= 0.6 is 0 Å². The van der Waals surface area contributed by atoms with Crippen LogP contribution in [0.5, 0.6) is 0 Å². The van der Waals surface area contributed by atoms with Crippen LogP contribution < -0.4 is 5.32 Å². The van der Waals surface area contributed by atoms with E-state index in [0.717, 1.165) is 16.9 Å². The molecule has 3 aromatic rings. The Morgan fingerprint density at radius 2 is 1.85 bits per heavy atom. The molecule has 0 fully saturated rings. The van der Waals surface area contributed by atoms with Gasteiger partial charge in [-0.3, -0.25) is 4.79 Å². The molecule has 0 bridgehead atoms. The lowest BCUT2D eigenvalue weighted by atomic mass is 10.2. The number of aryl methyl sites for hydroxylation is 1. The molecule has 0 spiro atoms. The third-order valence-corrected chi connectivity index (χ3v) is 4.15. The SMILES string of the molecule is CCOC(=O)c1ccc(NC(=O)c2cnn(-c3cccc(C)c3)c2C)cc1. The van der Waals surface area contributed by atoms with Crippen LogP contribution in [-0.2, 0) is 4.74 Å². The Morgan fingerprint density at radius 1 is 1.11 bits per heavy atom. The van der Waals surface area contributed by atoms with Crippen molar-refractivity contribution in [2.24, 2.45) is 0 Å². The average Bonchev–Trinajstić information content (AvgIpc) is 3.04. The Hall–Kier alpha value is -3.41. The van der Waals surface area contributed by atoms with Gasteiger partial charge in [-0.2, -0.15) is 5.10 Å². The molecular formula is C21H21N3O3. The third-order valence-electron chi connectivity index (χ3n) is 4.15. The number of hydrogen-bond acceptors (Lipinski definition) is 4. The summed E-state index contributed by atoms with van der Waals surface area (Å²) < 4.78 is 6.69. The van der Waals surface area contributed by atoms with Gasteiger partial charge in [-0.25, -0.2) is 9.48 Å². The minimum Gasteiger partial charge on any atom is -0.462 e. The Balaban J connectivity index is 1.76. The Morgan fingerprint density at radius 3 is 2.52 bits per heavy atom. The summed E-state index contributed by atoms with van der Waals surface area (Å²) in [5, 5.41) is 7.17. The van der Waals surface area contributed by atoms with Crippen LogP contribution in [0.25, 0.3) is 5.69 Å². The normalized spacial score (nSPS) is 10.5. The molecule has 0 atom stereocenters. The molecule has 1 aromatic heterocycles. The number of ether oxygens (including phenoxy) is 1. The highest BCUT2D eigenvalue weighted by molar-refractivity contribution is 6.05. The highest BCUT2D eigenvalue weighted by Gasteiger charge is 2.16. The largest absolute Gasteiger partial charge is 0.462 e. The van der Waals surface area contributed by atoms with Crippen LogP contribution in [0.15, 0.2) is 54.7 Å². The van der Waals surface area contributed by atoms with E-state index in [4.69, 9.17) is 4.74 Å². The second-order valence-electron chi connectivity index (χ2n) is 6.15. The van der Waals surface area contributed by atoms with Gasteiger partial charge in [0.05, 0.1) is 35.3 Å². The highest BCUT2D eigenvalue weighted by atomic mass is 16.5. The number of esters is 1. The predicted octanol–water partition coefficient (Wildman–Crippen LogP) is 3.92. The maximum atomic E-state index is 12.6. The molecule has 0 radical (unpaired) electrons. The highest BCUT2D eigenvalue weighted by Crippen LogP contribution is 2.17. The van der Waals surface area contributed by atoms with Crippen molar-refractivity contribution in [1.82, 2.24) is 9.78 Å². The minimum atomic E-state index is -0.384. The molecule has 0 unspecified atom stereocenters. The smallest absolute Gasteiger partial charge is 0.338 e. The van der Waals surface area contributed by atoms with Crippen molar-refractivity contribution in [3.63, 3.8) is 0 Å². The van der Waals surface area contributed by atoms with Crippen molar-refractivity contribution in [3.05, 3.63) is 77.1 Å². The number of carbonyl (C=O) groups excluding carboxylic acids is 2. The summed E-state index contributed by atoms with van der Waals surface area (Å²) in [5.41, 5.74) is 4.31. The number of nitrogens with one attached hydrogen (secondary N) is 1. The third kappa shape index (κ3) is 4.06.